The number of anilines is 2. The van der Waals surface area contributed by atoms with Gasteiger partial charge < -0.3 is 10.2 Å². The van der Waals surface area contributed by atoms with Gasteiger partial charge in [0, 0.05) is 22.9 Å². The van der Waals surface area contributed by atoms with Crippen molar-refractivity contribution in [3.63, 3.8) is 0 Å². The molecule has 0 aromatic heterocycles. The third-order valence-electron chi connectivity index (χ3n) is 3.56. The smallest absolute Gasteiger partial charge is 0.177 e. The van der Waals surface area contributed by atoms with Crippen molar-refractivity contribution in [1.29, 1.82) is 0 Å². The van der Waals surface area contributed by atoms with Crippen molar-refractivity contribution < 1.29 is 0 Å². The Morgan fingerprint density at radius 3 is 2.85 bits per heavy atom. The number of nitrogens with one attached hydrogen (secondary N) is 1. The second-order valence-electron chi connectivity index (χ2n) is 4.92. The Bertz CT molecular complexity index is 669. The number of fused-ring (bicyclic) bond motifs is 1. The van der Waals surface area contributed by atoms with Gasteiger partial charge in [-0.2, -0.15) is 0 Å². The maximum absolute atomic E-state index is 6.14. The fourth-order valence-corrected chi connectivity index (χ4v) is 2.90. The van der Waals surface area contributed by atoms with Crippen LogP contribution in [0.4, 0.5) is 11.4 Å². The minimum atomic E-state index is 0.717. The monoisotopic (exact) mass is 302 g/mol. The van der Waals surface area contributed by atoms with Gasteiger partial charge in [-0.3, -0.25) is 0 Å². The van der Waals surface area contributed by atoms with Gasteiger partial charge in [0.1, 0.15) is 0 Å². The third-order valence-corrected chi connectivity index (χ3v) is 4.29. The fourth-order valence-electron chi connectivity index (χ4n) is 2.41. The highest BCUT2D eigenvalue weighted by molar-refractivity contribution is 7.80. The number of hydrogen-bond donors (Lipinski definition) is 1. The first-order chi connectivity index (χ1) is 9.65. The summed E-state index contributed by atoms with van der Waals surface area (Å²) in [5.74, 6) is 0. The van der Waals surface area contributed by atoms with Gasteiger partial charge in [0.15, 0.2) is 5.11 Å². The summed E-state index contributed by atoms with van der Waals surface area (Å²) in [6, 6.07) is 14.3. The van der Waals surface area contributed by atoms with E-state index in [0.717, 1.165) is 34.4 Å². The highest BCUT2D eigenvalue weighted by atomic mass is 35.5. The molecule has 2 nitrogen and oxygen atoms in total. The molecule has 0 bridgehead atoms. The molecular weight excluding hydrogens is 288 g/mol. The van der Waals surface area contributed by atoms with Gasteiger partial charge in [-0.05, 0) is 54.9 Å². The molecule has 1 N–H and O–H groups in total. The first kappa shape index (κ1) is 13.4. The lowest BCUT2D eigenvalue weighted by Crippen LogP contribution is -2.33. The summed E-state index contributed by atoms with van der Waals surface area (Å²) < 4.78 is 0. The summed E-state index contributed by atoms with van der Waals surface area (Å²) in [6.45, 7) is 2.91. The van der Waals surface area contributed by atoms with Crippen LogP contribution >= 0.6 is 23.8 Å². The molecule has 0 atom stereocenters. The lowest BCUT2D eigenvalue weighted by Gasteiger charge is -2.21. The van der Waals surface area contributed by atoms with Crippen LogP contribution in [-0.4, -0.2) is 11.7 Å². The fraction of sp³-hybridized carbons (Fsp3) is 0.188. The summed E-state index contributed by atoms with van der Waals surface area (Å²) in [4.78, 5) is 2.14. The van der Waals surface area contributed by atoms with Crippen LogP contribution in [0.15, 0.2) is 42.5 Å². The quantitative estimate of drug-likeness (QED) is 0.786. The number of thiocarbonyl (C=S) groups is 1. The van der Waals surface area contributed by atoms with Crippen molar-refractivity contribution in [2.75, 3.05) is 16.8 Å². The minimum Gasteiger partial charge on any atom is -0.332 e. The Morgan fingerprint density at radius 2 is 2.05 bits per heavy atom. The Hall–Kier alpha value is -1.58. The maximum Gasteiger partial charge on any atom is 0.177 e. The van der Waals surface area contributed by atoms with E-state index < -0.39 is 0 Å². The molecule has 2 aromatic rings. The lowest BCUT2D eigenvalue weighted by molar-refractivity contribution is 1.03. The molecule has 0 spiro atoms. The molecule has 0 amide bonds. The second kappa shape index (κ2) is 5.43. The Balaban J connectivity index is 1.79. The average Bonchev–Trinajstić information content (AvgIpc) is 2.87. The van der Waals surface area contributed by atoms with Crippen LogP contribution in [0.5, 0.6) is 0 Å². The molecule has 0 unspecified atom stereocenters. The van der Waals surface area contributed by atoms with Gasteiger partial charge in [0.2, 0.25) is 0 Å². The number of para-hydroxylation sites is 1. The van der Waals surface area contributed by atoms with Crippen molar-refractivity contribution in [3.8, 4) is 0 Å². The predicted molar refractivity (Wildman–Crippen MR) is 89.9 cm³/mol. The van der Waals surface area contributed by atoms with Gasteiger partial charge in [-0.1, -0.05) is 35.9 Å². The van der Waals surface area contributed by atoms with Gasteiger partial charge >= 0.3 is 0 Å². The zero-order valence-electron chi connectivity index (χ0n) is 11.2. The zero-order valence-corrected chi connectivity index (χ0v) is 12.8. The standard InChI is InChI=1S/C16H15ClN2S/c1-11-6-7-13(10-14(11)17)18-16(20)19-9-8-12-4-2-3-5-15(12)19/h2-7,10H,8-9H2,1H3,(H,18,20). The van der Waals surface area contributed by atoms with Crippen molar-refractivity contribution in [3.05, 3.63) is 58.6 Å². The number of nitrogens with zero attached hydrogens (tertiary/aromatic N) is 1. The third kappa shape index (κ3) is 2.51. The van der Waals surface area contributed by atoms with Crippen LogP contribution in [0, 0.1) is 6.92 Å². The van der Waals surface area contributed by atoms with Crippen molar-refractivity contribution >= 4 is 40.3 Å². The molecule has 102 valence electrons. The molecule has 0 saturated heterocycles. The van der Waals surface area contributed by atoms with Crippen LogP contribution in [0.3, 0.4) is 0 Å². The summed E-state index contributed by atoms with van der Waals surface area (Å²) in [6.07, 6.45) is 1.03. The first-order valence-corrected chi connectivity index (χ1v) is 7.36. The van der Waals surface area contributed by atoms with Gasteiger partial charge in [-0.25, -0.2) is 0 Å². The SMILES string of the molecule is Cc1ccc(NC(=S)N2CCc3ccccc32)cc1Cl. The van der Waals surface area contributed by atoms with E-state index >= 15 is 0 Å². The van der Waals surface area contributed by atoms with E-state index in [4.69, 9.17) is 23.8 Å². The number of halogens is 1. The Kier molecular flexibility index (Phi) is 3.64. The topological polar surface area (TPSA) is 15.3 Å². The largest absolute Gasteiger partial charge is 0.332 e. The molecule has 0 aliphatic carbocycles. The summed E-state index contributed by atoms with van der Waals surface area (Å²) in [7, 11) is 0. The van der Waals surface area contributed by atoms with Crippen LogP contribution in [0.2, 0.25) is 5.02 Å². The van der Waals surface area contributed by atoms with E-state index in [0.29, 0.717) is 0 Å². The lowest BCUT2D eigenvalue weighted by atomic mass is 10.2. The van der Waals surface area contributed by atoms with E-state index in [9.17, 15) is 0 Å². The molecule has 1 aliphatic heterocycles. The highest BCUT2D eigenvalue weighted by Crippen LogP contribution is 2.28. The first-order valence-electron chi connectivity index (χ1n) is 6.58. The summed E-state index contributed by atoms with van der Waals surface area (Å²) >= 11 is 11.7. The van der Waals surface area contributed by atoms with Gasteiger partial charge in [0.25, 0.3) is 0 Å². The molecule has 4 heteroatoms. The minimum absolute atomic E-state index is 0.717. The van der Waals surface area contributed by atoms with E-state index in [2.05, 4.69) is 28.4 Å². The van der Waals surface area contributed by atoms with Crippen molar-refractivity contribution in [2.45, 2.75) is 13.3 Å². The van der Waals surface area contributed by atoms with Crippen molar-refractivity contribution in [1.82, 2.24) is 0 Å². The number of hydrogen-bond acceptors (Lipinski definition) is 1. The van der Waals surface area contributed by atoms with Crippen LogP contribution in [0.1, 0.15) is 11.1 Å². The molecule has 1 aliphatic rings. The molecule has 0 fully saturated rings. The summed E-state index contributed by atoms with van der Waals surface area (Å²) in [5, 5.41) is 4.73. The average molecular weight is 303 g/mol. The Morgan fingerprint density at radius 1 is 1.25 bits per heavy atom. The highest BCUT2D eigenvalue weighted by Gasteiger charge is 2.21. The molecule has 3 rings (SSSR count). The van der Waals surface area contributed by atoms with Gasteiger partial charge in [0.05, 0.1) is 0 Å². The molecule has 1 heterocycles. The molecule has 2 aromatic carbocycles. The van der Waals surface area contributed by atoms with Crippen LogP contribution < -0.4 is 10.2 Å². The van der Waals surface area contributed by atoms with E-state index in [-0.39, 0.29) is 0 Å². The van der Waals surface area contributed by atoms with E-state index in [1.807, 2.05) is 31.2 Å². The predicted octanol–water partition coefficient (Wildman–Crippen LogP) is 4.41. The molecule has 20 heavy (non-hydrogen) atoms. The molecular formula is C16H15ClN2S. The molecule has 0 saturated carbocycles. The second-order valence-corrected chi connectivity index (χ2v) is 5.72. The van der Waals surface area contributed by atoms with E-state index in [1.54, 1.807) is 0 Å². The summed E-state index contributed by atoms with van der Waals surface area (Å²) in [5.41, 5.74) is 4.53. The van der Waals surface area contributed by atoms with Crippen LogP contribution in [0.25, 0.3) is 0 Å². The van der Waals surface area contributed by atoms with E-state index in [1.165, 1.54) is 11.3 Å². The Labute approximate surface area is 129 Å². The van der Waals surface area contributed by atoms with Crippen LogP contribution in [-0.2, 0) is 6.42 Å². The van der Waals surface area contributed by atoms with Gasteiger partial charge in [-0.15, -0.1) is 0 Å². The number of aryl methyl sites for hydroxylation is 1. The number of rotatable bonds is 1. The van der Waals surface area contributed by atoms with Crippen molar-refractivity contribution in [2.24, 2.45) is 0 Å². The normalized spacial score (nSPS) is 13.2. The molecule has 0 radical (unpaired) electrons. The maximum atomic E-state index is 6.14. The number of benzene rings is 2. The zero-order chi connectivity index (χ0) is 14.1.